The SMILES string of the molecule is Cc1c(-c2cccc(OCC3CCN(C(=O)NCc4ccccc4)CC3)c2)sc(C(=O)O)c1OCC(=O)O. The van der Waals surface area contributed by atoms with Crippen LogP contribution in [0.2, 0.25) is 0 Å². The fourth-order valence-electron chi connectivity index (χ4n) is 4.35. The normalized spacial score (nSPS) is 13.7. The molecule has 4 rings (SSSR count). The summed E-state index contributed by atoms with van der Waals surface area (Å²) in [4.78, 5) is 37.6. The first-order chi connectivity index (χ1) is 18.3. The van der Waals surface area contributed by atoms with Gasteiger partial charge in [0.05, 0.1) is 6.61 Å². The van der Waals surface area contributed by atoms with Crippen molar-refractivity contribution < 1.29 is 34.1 Å². The van der Waals surface area contributed by atoms with E-state index in [2.05, 4.69) is 5.32 Å². The summed E-state index contributed by atoms with van der Waals surface area (Å²) in [5, 5.41) is 21.5. The molecule has 1 aliphatic rings. The number of hydrogen-bond acceptors (Lipinski definition) is 6. The van der Waals surface area contributed by atoms with E-state index in [9.17, 15) is 19.5 Å². The number of likely N-dealkylation sites (tertiary alicyclic amines) is 1. The van der Waals surface area contributed by atoms with Gasteiger partial charge in [0.1, 0.15) is 11.5 Å². The van der Waals surface area contributed by atoms with Gasteiger partial charge in [-0.25, -0.2) is 14.4 Å². The average molecular weight is 539 g/mol. The topological polar surface area (TPSA) is 125 Å². The molecule has 0 unspecified atom stereocenters. The van der Waals surface area contributed by atoms with Crippen molar-refractivity contribution in [3.05, 3.63) is 70.6 Å². The minimum absolute atomic E-state index is 0.0374. The van der Waals surface area contributed by atoms with Crippen molar-refractivity contribution in [2.75, 3.05) is 26.3 Å². The first-order valence-electron chi connectivity index (χ1n) is 12.3. The van der Waals surface area contributed by atoms with E-state index in [1.165, 1.54) is 0 Å². The second kappa shape index (κ2) is 12.5. The maximum absolute atomic E-state index is 12.5. The van der Waals surface area contributed by atoms with E-state index >= 15 is 0 Å². The van der Waals surface area contributed by atoms with Crippen LogP contribution in [0.25, 0.3) is 10.4 Å². The number of piperidine rings is 1. The van der Waals surface area contributed by atoms with Crippen molar-refractivity contribution in [3.63, 3.8) is 0 Å². The molecule has 0 aliphatic carbocycles. The number of thiophene rings is 1. The monoisotopic (exact) mass is 538 g/mol. The highest BCUT2D eigenvalue weighted by molar-refractivity contribution is 7.18. The lowest BCUT2D eigenvalue weighted by molar-refractivity contribution is -0.139. The molecule has 10 heteroatoms. The van der Waals surface area contributed by atoms with Crippen molar-refractivity contribution >= 4 is 29.3 Å². The van der Waals surface area contributed by atoms with E-state index in [0.717, 1.165) is 35.3 Å². The first kappa shape index (κ1) is 27.0. The van der Waals surface area contributed by atoms with E-state index in [0.29, 0.717) is 48.3 Å². The van der Waals surface area contributed by atoms with Crippen LogP contribution in [0.5, 0.6) is 11.5 Å². The number of hydrogen-bond donors (Lipinski definition) is 3. The third-order valence-electron chi connectivity index (χ3n) is 6.40. The number of carboxylic acids is 2. The number of carbonyl (C=O) groups excluding carboxylic acids is 1. The van der Waals surface area contributed by atoms with Crippen LogP contribution in [-0.4, -0.2) is 59.4 Å². The average Bonchev–Trinajstić information content (AvgIpc) is 3.26. The molecular weight excluding hydrogens is 508 g/mol. The summed E-state index contributed by atoms with van der Waals surface area (Å²) in [7, 11) is 0. The zero-order valence-corrected chi connectivity index (χ0v) is 21.8. The Bertz CT molecular complexity index is 1280. The van der Waals surface area contributed by atoms with Gasteiger partial charge in [0.2, 0.25) is 0 Å². The van der Waals surface area contributed by atoms with Gasteiger partial charge in [-0.05, 0) is 48.9 Å². The molecule has 2 aromatic carbocycles. The Morgan fingerprint density at radius 3 is 2.45 bits per heavy atom. The Labute approximate surface area is 224 Å². The summed E-state index contributed by atoms with van der Waals surface area (Å²) in [6.45, 7) is 3.45. The predicted octanol–water partition coefficient (Wildman–Crippen LogP) is 4.89. The second-order valence-electron chi connectivity index (χ2n) is 9.12. The van der Waals surface area contributed by atoms with Gasteiger partial charge in [-0.2, -0.15) is 0 Å². The van der Waals surface area contributed by atoms with Crippen molar-refractivity contribution in [2.24, 2.45) is 5.92 Å². The highest BCUT2D eigenvalue weighted by Crippen LogP contribution is 2.42. The fourth-order valence-corrected chi connectivity index (χ4v) is 5.44. The molecule has 2 amide bonds. The van der Waals surface area contributed by atoms with Gasteiger partial charge in [0.25, 0.3) is 0 Å². The third kappa shape index (κ3) is 6.83. The van der Waals surface area contributed by atoms with E-state index in [4.69, 9.17) is 14.6 Å². The summed E-state index contributed by atoms with van der Waals surface area (Å²) in [5.74, 6) is -1.30. The number of aromatic carboxylic acids is 1. The number of amides is 2. The molecule has 3 aromatic rings. The van der Waals surface area contributed by atoms with Crippen molar-refractivity contribution in [1.29, 1.82) is 0 Å². The molecule has 9 nitrogen and oxygen atoms in total. The van der Waals surface area contributed by atoms with E-state index in [1.807, 2.05) is 59.5 Å². The van der Waals surface area contributed by atoms with Crippen molar-refractivity contribution in [1.82, 2.24) is 10.2 Å². The third-order valence-corrected chi connectivity index (χ3v) is 7.71. The van der Waals surface area contributed by atoms with Gasteiger partial charge in [-0.3, -0.25) is 0 Å². The Morgan fingerprint density at radius 2 is 1.76 bits per heavy atom. The Kier molecular flexibility index (Phi) is 8.85. The molecule has 0 bridgehead atoms. The van der Waals surface area contributed by atoms with E-state index < -0.39 is 18.5 Å². The maximum atomic E-state index is 12.5. The van der Waals surface area contributed by atoms with Crippen LogP contribution < -0.4 is 14.8 Å². The minimum atomic E-state index is -1.18. The predicted molar refractivity (Wildman–Crippen MR) is 143 cm³/mol. The lowest BCUT2D eigenvalue weighted by Gasteiger charge is -2.32. The van der Waals surface area contributed by atoms with Crippen molar-refractivity contribution in [3.8, 4) is 21.9 Å². The summed E-state index contributed by atoms with van der Waals surface area (Å²) < 4.78 is 11.4. The van der Waals surface area contributed by atoms with Crippen LogP contribution in [0, 0.1) is 12.8 Å². The molecule has 0 saturated carbocycles. The summed E-state index contributed by atoms with van der Waals surface area (Å²) in [6, 6.07) is 17.1. The number of carboxylic acid groups (broad SMARTS) is 2. The Morgan fingerprint density at radius 1 is 1.03 bits per heavy atom. The Hall–Kier alpha value is -4.05. The van der Waals surface area contributed by atoms with Crippen LogP contribution in [0.3, 0.4) is 0 Å². The lowest BCUT2D eigenvalue weighted by Crippen LogP contribution is -2.44. The highest BCUT2D eigenvalue weighted by Gasteiger charge is 2.25. The summed E-state index contributed by atoms with van der Waals surface area (Å²) in [6.07, 6.45) is 1.68. The van der Waals surface area contributed by atoms with Gasteiger partial charge in [-0.1, -0.05) is 42.5 Å². The second-order valence-corrected chi connectivity index (χ2v) is 10.1. The number of ether oxygens (including phenoxy) is 2. The summed E-state index contributed by atoms with van der Waals surface area (Å²) in [5.41, 5.74) is 2.40. The fraction of sp³-hybridized carbons (Fsp3) is 0.321. The van der Waals surface area contributed by atoms with Crippen molar-refractivity contribution in [2.45, 2.75) is 26.3 Å². The molecule has 3 N–H and O–H groups in total. The van der Waals surface area contributed by atoms with Crippen LogP contribution >= 0.6 is 11.3 Å². The largest absolute Gasteiger partial charge is 0.493 e. The smallest absolute Gasteiger partial charge is 0.349 e. The molecule has 38 heavy (non-hydrogen) atoms. The molecule has 2 heterocycles. The quantitative estimate of drug-likeness (QED) is 0.336. The molecule has 1 aliphatic heterocycles. The zero-order chi connectivity index (χ0) is 27.1. The number of nitrogens with one attached hydrogen (secondary N) is 1. The molecular formula is C28H30N2O7S. The maximum Gasteiger partial charge on any atom is 0.349 e. The van der Waals surface area contributed by atoms with Gasteiger partial charge in [-0.15, -0.1) is 11.3 Å². The molecule has 1 aromatic heterocycles. The molecule has 0 atom stereocenters. The summed E-state index contributed by atoms with van der Waals surface area (Å²) >= 11 is 1.04. The zero-order valence-electron chi connectivity index (χ0n) is 21.0. The van der Waals surface area contributed by atoms with Gasteiger partial charge < -0.3 is 29.9 Å². The number of urea groups is 1. The van der Waals surface area contributed by atoms with Crippen LogP contribution in [0.15, 0.2) is 54.6 Å². The highest BCUT2D eigenvalue weighted by atomic mass is 32.1. The van der Waals surface area contributed by atoms with Gasteiger partial charge in [0, 0.05) is 30.1 Å². The van der Waals surface area contributed by atoms with E-state index in [-0.39, 0.29) is 16.7 Å². The van der Waals surface area contributed by atoms with E-state index in [1.54, 1.807) is 6.92 Å². The molecule has 1 saturated heterocycles. The number of nitrogens with zero attached hydrogens (tertiary/aromatic N) is 1. The first-order valence-corrected chi connectivity index (χ1v) is 13.1. The number of carbonyl (C=O) groups is 3. The van der Waals surface area contributed by atoms with Crippen LogP contribution in [0.4, 0.5) is 4.79 Å². The minimum Gasteiger partial charge on any atom is -0.493 e. The number of benzene rings is 2. The Balaban J connectivity index is 1.32. The van der Waals surface area contributed by atoms with Gasteiger partial charge in [0.15, 0.2) is 11.5 Å². The molecule has 0 radical (unpaired) electrons. The van der Waals surface area contributed by atoms with Gasteiger partial charge >= 0.3 is 18.0 Å². The molecule has 200 valence electrons. The molecule has 0 spiro atoms. The molecule has 1 fully saturated rings. The van der Waals surface area contributed by atoms with Crippen LogP contribution in [0.1, 0.15) is 33.6 Å². The number of aliphatic carboxylic acids is 1. The number of rotatable bonds is 10. The standard InChI is InChI=1S/C28H30N2O7S/c1-18-24(37-17-23(31)32)26(27(33)34)38-25(18)21-8-5-9-22(14-21)36-16-20-10-12-30(13-11-20)28(35)29-15-19-6-3-2-4-7-19/h2-9,14,20H,10-13,15-17H2,1H3,(H,29,35)(H,31,32)(H,33,34). The van der Waals surface area contributed by atoms with Crippen LogP contribution in [-0.2, 0) is 11.3 Å². The lowest BCUT2D eigenvalue weighted by atomic mass is 9.98.